The van der Waals surface area contributed by atoms with Gasteiger partial charge in [-0.05, 0) is 38.2 Å². The number of hydrogen-bond donors (Lipinski definition) is 1. The van der Waals surface area contributed by atoms with Crippen LogP contribution >= 0.6 is 0 Å². The van der Waals surface area contributed by atoms with Gasteiger partial charge in [0, 0.05) is 18.2 Å². The highest BCUT2D eigenvalue weighted by atomic mass is 15.3. The first-order valence-electron chi connectivity index (χ1n) is 6.17. The van der Waals surface area contributed by atoms with Crippen molar-refractivity contribution in [1.82, 2.24) is 9.78 Å². The summed E-state index contributed by atoms with van der Waals surface area (Å²) in [5.41, 5.74) is 8.21. The van der Waals surface area contributed by atoms with Crippen molar-refractivity contribution in [3.63, 3.8) is 0 Å². The van der Waals surface area contributed by atoms with Crippen LogP contribution in [0.1, 0.15) is 61.9 Å². The Bertz CT molecular complexity index is 316. The van der Waals surface area contributed by atoms with Gasteiger partial charge in [0.15, 0.2) is 0 Å². The second-order valence-electron chi connectivity index (χ2n) is 4.92. The molecule has 3 rings (SSSR count). The van der Waals surface area contributed by atoms with Gasteiger partial charge >= 0.3 is 0 Å². The molecular formula is C12H19N3. The summed E-state index contributed by atoms with van der Waals surface area (Å²) >= 11 is 0. The monoisotopic (exact) mass is 205 g/mol. The minimum Gasteiger partial charge on any atom is -0.325 e. The SMILES string of the molecule is NCc1cc(C2CCC2)n(C2CCC2)n1. The fourth-order valence-electron chi connectivity index (χ4n) is 2.49. The standard InChI is InChI=1S/C12H19N3/c13-8-10-7-12(9-3-1-4-9)15(14-10)11-5-2-6-11/h7,9,11H,1-6,8,13H2. The van der Waals surface area contributed by atoms with E-state index in [1.54, 1.807) is 0 Å². The molecule has 1 aromatic heterocycles. The van der Waals surface area contributed by atoms with Crippen molar-refractivity contribution in [2.45, 2.75) is 57.0 Å². The van der Waals surface area contributed by atoms with Gasteiger partial charge in [0.1, 0.15) is 0 Å². The van der Waals surface area contributed by atoms with E-state index in [1.165, 1.54) is 44.2 Å². The molecule has 3 nitrogen and oxygen atoms in total. The van der Waals surface area contributed by atoms with Crippen LogP contribution < -0.4 is 5.73 Å². The molecule has 1 aromatic rings. The van der Waals surface area contributed by atoms with Gasteiger partial charge in [0.2, 0.25) is 0 Å². The van der Waals surface area contributed by atoms with Crippen LogP contribution in [-0.2, 0) is 6.54 Å². The third kappa shape index (κ3) is 1.49. The average molecular weight is 205 g/mol. The van der Waals surface area contributed by atoms with E-state index in [1.807, 2.05) is 0 Å². The summed E-state index contributed by atoms with van der Waals surface area (Å²) < 4.78 is 2.29. The van der Waals surface area contributed by atoms with E-state index in [-0.39, 0.29) is 0 Å². The van der Waals surface area contributed by atoms with E-state index in [0.717, 1.165) is 11.6 Å². The maximum absolute atomic E-state index is 5.68. The molecule has 0 spiro atoms. The molecule has 0 aromatic carbocycles. The van der Waals surface area contributed by atoms with E-state index in [4.69, 9.17) is 5.73 Å². The fraction of sp³-hybridized carbons (Fsp3) is 0.750. The molecule has 3 heteroatoms. The third-order valence-electron chi connectivity index (χ3n) is 3.97. The van der Waals surface area contributed by atoms with Crippen LogP contribution in [0.3, 0.4) is 0 Å². The third-order valence-corrected chi connectivity index (χ3v) is 3.97. The van der Waals surface area contributed by atoms with E-state index in [2.05, 4.69) is 15.8 Å². The molecule has 0 unspecified atom stereocenters. The molecule has 2 fully saturated rings. The molecule has 1 heterocycles. The second-order valence-corrected chi connectivity index (χ2v) is 4.92. The topological polar surface area (TPSA) is 43.8 Å². The lowest BCUT2D eigenvalue weighted by Gasteiger charge is -2.32. The molecule has 0 saturated heterocycles. The van der Waals surface area contributed by atoms with Crippen molar-refractivity contribution in [2.24, 2.45) is 5.73 Å². The Balaban J connectivity index is 1.90. The average Bonchev–Trinajstić information content (AvgIpc) is 2.43. The summed E-state index contributed by atoms with van der Waals surface area (Å²) in [6, 6.07) is 2.92. The molecule has 2 aliphatic rings. The van der Waals surface area contributed by atoms with E-state index in [0.29, 0.717) is 12.6 Å². The summed E-state index contributed by atoms with van der Waals surface area (Å²) in [5.74, 6) is 0.776. The highest BCUT2D eigenvalue weighted by Crippen LogP contribution is 2.40. The van der Waals surface area contributed by atoms with Crippen LogP contribution in [0.2, 0.25) is 0 Å². The first-order chi connectivity index (χ1) is 7.38. The fourth-order valence-corrected chi connectivity index (χ4v) is 2.49. The summed E-state index contributed by atoms with van der Waals surface area (Å²) in [6.07, 6.45) is 8.08. The lowest BCUT2D eigenvalue weighted by atomic mass is 9.82. The van der Waals surface area contributed by atoms with Crippen LogP contribution in [0.15, 0.2) is 6.07 Å². The Kier molecular flexibility index (Phi) is 2.28. The summed E-state index contributed by atoms with van der Waals surface area (Å²) in [4.78, 5) is 0. The smallest absolute Gasteiger partial charge is 0.0763 e. The molecule has 0 aliphatic heterocycles. The molecule has 0 bridgehead atoms. The van der Waals surface area contributed by atoms with Crippen LogP contribution in [0, 0.1) is 0 Å². The Morgan fingerprint density at radius 3 is 2.47 bits per heavy atom. The second kappa shape index (κ2) is 3.63. The Morgan fingerprint density at radius 1 is 1.27 bits per heavy atom. The van der Waals surface area contributed by atoms with Crippen molar-refractivity contribution in [3.8, 4) is 0 Å². The molecule has 2 N–H and O–H groups in total. The van der Waals surface area contributed by atoms with Gasteiger partial charge in [0.05, 0.1) is 11.7 Å². The first kappa shape index (κ1) is 9.40. The van der Waals surface area contributed by atoms with E-state index >= 15 is 0 Å². The molecule has 0 amide bonds. The Hall–Kier alpha value is -0.830. The van der Waals surface area contributed by atoms with Gasteiger partial charge < -0.3 is 5.73 Å². The van der Waals surface area contributed by atoms with Gasteiger partial charge in [-0.25, -0.2) is 0 Å². The summed E-state index contributed by atoms with van der Waals surface area (Å²) in [5, 5.41) is 4.65. The summed E-state index contributed by atoms with van der Waals surface area (Å²) in [7, 11) is 0. The normalized spacial score (nSPS) is 22.5. The number of rotatable bonds is 3. The highest BCUT2D eigenvalue weighted by molar-refractivity contribution is 5.18. The maximum Gasteiger partial charge on any atom is 0.0763 e. The van der Waals surface area contributed by atoms with Gasteiger partial charge in [-0.3, -0.25) is 4.68 Å². The molecule has 2 saturated carbocycles. The zero-order valence-corrected chi connectivity index (χ0v) is 9.15. The highest BCUT2D eigenvalue weighted by Gasteiger charge is 2.29. The van der Waals surface area contributed by atoms with Crippen molar-refractivity contribution in [3.05, 3.63) is 17.5 Å². The number of nitrogens with two attached hydrogens (primary N) is 1. The lowest BCUT2D eigenvalue weighted by molar-refractivity contribution is 0.265. The lowest BCUT2D eigenvalue weighted by Crippen LogP contribution is -2.23. The largest absolute Gasteiger partial charge is 0.325 e. The molecule has 15 heavy (non-hydrogen) atoms. The predicted molar refractivity (Wildman–Crippen MR) is 59.6 cm³/mol. The quantitative estimate of drug-likeness (QED) is 0.823. The van der Waals surface area contributed by atoms with Crippen molar-refractivity contribution >= 4 is 0 Å². The molecule has 0 atom stereocenters. The molecule has 0 radical (unpaired) electrons. The van der Waals surface area contributed by atoms with E-state index in [9.17, 15) is 0 Å². The van der Waals surface area contributed by atoms with Crippen molar-refractivity contribution in [1.29, 1.82) is 0 Å². The maximum atomic E-state index is 5.68. The zero-order valence-electron chi connectivity index (χ0n) is 9.15. The number of nitrogens with zero attached hydrogens (tertiary/aromatic N) is 2. The van der Waals surface area contributed by atoms with Gasteiger partial charge in [-0.15, -0.1) is 0 Å². The van der Waals surface area contributed by atoms with Crippen LogP contribution in [0.25, 0.3) is 0 Å². The number of aromatic nitrogens is 2. The Morgan fingerprint density at radius 2 is 2.00 bits per heavy atom. The molecule has 2 aliphatic carbocycles. The zero-order chi connectivity index (χ0) is 10.3. The van der Waals surface area contributed by atoms with Crippen LogP contribution in [-0.4, -0.2) is 9.78 Å². The number of hydrogen-bond acceptors (Lipinski definition) is 2. The van der Waals surface area contributed by atoms with Crippen LogP contribution in [0.5, 0.6) is 0 Å². The van der Waals surface area contributed by atoms with Crippen molar-refractivity contribution < 1.29 is 0 Å². The van der Waals surface area contributed by atoms with Gasteiger partial charge in [-0.1, -0.05) is 6.42 Å². The predicted octanol–water partition coefficient (Wildman–Crippen LogP) is 2.33. The molecular weight excluding hydrogens is 186 g/mol. The van der Waals surface area contributed by atoms with Gasteiger partial charge in [0.25, 0.3) is 0 Å². The minimum absolute atomic E-state index is 0.583. The van der Waals surface area contributed by atoms with Crippen LogP contribution in [0.4, 0.5) is 0 Å². The van der Waals surface area contributed by atoms with Crippen molar-refractivity contribution in [2.75, 3.05) is 0 Å². The molecule has 82 valence electrons. The first-order valence-corrected chi connectivity index (χ1v) is 6.17. The minimum atomic E-state index is 0.583. The van der Waals surface area contributed by atoms with E-state index < -0.39 is 0 Å². The van der Waals surface area contributed by atoms with Gasteiger partial charge in [-0.2, -0.15) is 5.10 Å². The Labute approximate surface area is 90.7 Å². The summed E-state index contributed by atoms with van der Waals surface area (Å²) in [6.45, 7) is 0.583.